The maximum absolute atomic E-state index is 12.2. The first-order chi connectivity index (χ1) is 11.6. The van der Waals surface area contributed by atoms with Gasteiger partial charge in [0.2, 0.25) is 5.91 Å². The number of amides is 1. The van der Waals surface area contributed by atoms with E-state index in [0.29, 0.717) is 13.0 Å². The minimum absolute atomic E-state index is 0.0322. The Hall–Kier alpha value is -2.24. The summed E-state index contributed by atoms with van der Waals surface area (Å²) in [6.45, 7) is 4.39. The van der Waals surface area contributed by atoms with Gasteiger partial charge >= 0.3 is 0 Å². The standard InChI is InChI=1S/C19H25N3O2/c1-3-15-6-4-5-7-17(15)22-19(24)12-14(2)21-13-18(23)16-8-10-20-11-9-16/h4-11,14,18,21,23H,3,12-13H2,1-2H3,(H,22,24). The highest BCUT2D eigenvalue weighted by Crippen LogP contribution is 2.16. The van der Waals surface area contributed by atoms with Gasteiger partial charge in [-0.1, -0.05) is 25.1 Å². The molecule has 1 aromatic carbocycles. The van der Waals surface area contributed by atoms with Crippen molar-refractivity contribution in [3.63, 3.8) is 0 Å². The molecule has 3 N–H and O–H groups in total. The zero-order valence-electron chi connectivity index (χ0n) is 14.2. The third kappa shape index (κ3) is 5.44. The second kappa shape index (κ2) is 9.15. The number of pyridine rings is 1. The number of hydrogen-bond acceptors (Lipinski definition) is 4. The molecule has 0 aliphatic rings. The van der Waals surface area contributed by atoms with E-state index in [4.69, 9.17) is 0 Å². The summed E-state index contributed by atoms with van der Waals surface area (Å²) < 4.78 is 0. The molecule has 2 atom stereocenters. The third-order valence-electron chi connectivity index (χ3n) is 3.91. The van der Waals surface area contributed by atoms with Gasteiger partial charge < -0.3 is 15.7 Å². The maximum atomic E-state index is 12.2. The Labute approximate surface area is 143 Å². The topological polar surface area (TPSA) is 74.2 Å². The zero-order chi connectivity index (χ0) is 17.4. The number of aryl methyl sites for hydroxylation is 1. The van der Waals surface area contributed by atoms with Gasteiger partial charge in [-0.25, -0.2) is 0 Å². The number of para-hydroxylation sites is 1. The molecule has 0 saturated heterocycles. The van der Waals surface area contributed by atoms with Crippen molar-refractivity contribution in [1.29, 1.82) is 0 Å². The lowest BCUT2D eigenvalue weighted by Crippen LogP contribution is -2.33. The van der Waals surface area contributed by atoms with E-state index in [1.807, 2.05) is 31.2 Å². The predicted octanol–water partition coefficient (Wildman–Crippen LogP) is 2.68. The summed E-state index contributed by atoms with van der Waals surface area (Å²) >= 11 is 0. The van der Waals surface area contributed by atoms with E-state index >= 15 is 0 Å². The lowest BCUT2D eigenvalue weighted by atomic mass is 10.1. The number of anilines is 1. The van der Waals surface area contributed by atoms with Crippen LogP contribution in [-0.4, -0.2) is 28.6 Å². The van der Waals surface area contributed by atoms with Crippen LogP contribution in [0.3, 0.4) is 0 Å². The third-order valence-corrected chi connectivity index (χ3v) is 3.91. The molecule has 1 amide bonds. The number of hydrogen-bond donors (Lipinski definition) is 3. The Kier molecular flexibility index (Phi) is 6.90. The molecule has 5 heteroatoms. The monoisotopic (exact) mass is 327 g/mol. The molecule has 0 saturated carbocycles. The van der Waals surface area contributed by atoms with Gasteiger partial charge in [-0.2, -0.15) is 0 Å². The quantitative estimate of drug-likeness (QED) is 0.697. The first-order valence-electron chi connectivity index (χ1n) is 8.29. The highest BCUT2D eigenvalue weighted by Gasteiger charge is 2.13. The van der Waals surface area contributed by atoms with E-state index in [-0.39, 0.29) is 11.9 Å². The van der Waals surface area contributed by atoms with E-state index in [0.717, 1.165) is 23.2 Å². The molecular formula is C19H25N3O2. The van der Waals surface area contributed by atoms with Crippen molar-refractivity contribution in [1.82, 2.24) is 10.3 Å². The molecule has 2 rings (SSSR count). The van der Waals surface area contributed by atoms with Gasteiger partial charge in [0, 0.05) is 37.1 Å². The fraction of sp³-hybridized carbons (Fsp3) is 0.368. The van der Waals surface area contributed by atoms with Crippen LogP contribution in [0.2, 0.25) is 0 Å². The number of aliphatic hydroxyl groups excluding tert-OH is 1. The van der Waals surface area contributed by atoms with Gasteiger partial charge in [0.05, 0.1) is 6.10 Å². The summed E-state index contributed by atoms with van der Waals surface area (Å²) in [4.78, 5) is 16.1. The molecular weight excluding hydrogens is 302 g/mol. The fourth-order valence-corrected chi connectivity index (χ4v) is 2.52. The number of carbonyl (C=O) groups excluding carboxylic acids is 1. The number of aromatic nitrogens is 1. The molecule has 2 unspecified atom stereocenters. The molecule has 2 aromatic rings. The second-order valence-electron chi connectivity index (χ2n) is 5.87. The lowest BCUT2D eigenvalue weighted by Gasteiger charge is -2.17. The Bertz CT molecular complexity index is 646. The number of benzene rings is 1. The van der Waals surface area contributed by atoms with E-state index in [1.165, 1.54) is 0 Å². The molecule has 0 spiro atoms. The van der Waals surface area contributed by atoms with Crippen LogP contribution in [-0.2, 0) is 11.2 Å². The summed E-state index contributed by atoms with van der Waals surface area (Å²) in [5, 5.41) is 16.3. The van der Waals surface area contributed by atoms with Crippen molar-refractivity contribution in [3.8, 4) is 0 Å². The normalized spacial score (nSPS) is 13.3. The predicted molar refractivity (Wildman–Crippen MR) is 95.7 cm³/mol. The summed E-state index contributed by atoms with van der Waals surface area (Å²) in [5.41, 5.74) is 2.81. The molecule has 24 heavy (non-hydrogen) atoms. The largest absolute Gasteiger partial charge is 0.387 e. The average Bonchev–Trinajstić information content (AvgIpc) is 2.60. The number of nitrogens with one attached hydrogen (secondary N) is 2. The summed E-state index contributed by atoms with van der Waals surface area (Å²) in [5.74, 6) is -0.0331. The average molecular weight is 327 g/mol. The summed E-state index contributed by atoms with van der Waals surface area (Å²) in [7, 11) is 0. The van der Waals surface area contributed by atoms with Crippen molar-refractivity contribution in [2.45, 2.75) is 38.8 Å². The van der Waals surface area contributed by atoms with Crippen LogP contribution in [0.4, 0.5) is 5.69 Å². The van der Waals surface area contributed by atoms with Gasteiger partial charge in [-0.05, 0) is 42.7 Å². The summed E-state index contributed by atoms with van der Waals surface area (Å²) in [6, 6.07) is 11.4. The Morgan fingerprint density at radius 1 is 1.21 bits per heavy atom. The molecule has 128 valence electrons. The van der Waals surface area contributed by atoms with Gasteiger partial charge in [0.25, 0.3) is 0 Å². The van der Waals surface area contributed by atoms with Crippen LogP contribution in [0.25, 0.3) is 0 Å². The highest BCUT2D eigenvalue weighted by atomic mass is 16.3. The molecule has 1 heterocycles. The zero-order valence-corrected chi connectivity index (χ0v) is 14.2. The molecule has 0 aliphatic heterocycles. The second-order valence-corrected chi connectivity index (χ2v) is 5.87. The van der Waals surface area contributed by atoms with E-state index in [1.54, 1.807) is 24.5 Å². The van der Waals surface area contributed by atoms with E-state index in [9.17, 15) is 9.90 Å². The smallest absolute Gasteiger partial charge is 0.225 e. The van der Waals surface area contributed by atoms with Gasteiger partial charge in [-0.3, -0.25) is 9.78 Å². The summed E-state index contributed by atoms with van der Waals surface area (Å²) in [6.07, 6.45) is 3.92. The van der Waals surface area contributed by atoms with Crippen molar-refractivity contribution >= 4 is 11.6 Å². The van der Waals surface area contributed by atoms with Gasteiger partial charge in [0.15, 0.2) is 0 Å². The SMILES string of the molecule is CCc1ccccc1NC(=O)CC(C)NCC(O)c1ccncc1. The number of aliphatic hydroxyl groups is 1. The Morgan fingerprint density at radius 3 is 2.62 bits per heavy atom. The van der Waals surface area contributed by atoms with Gasteiger partial charge in [-0.15, -0.1) is 0 Å². The van der Waals surface area contributed by atoms with Crippen molar-refractivity contribution in [2.24, 2.45) is 0 Å². The first-order valence-corrected chi connectivity index (χ1v) is 8.29. The Morgan fingerprint density at radius 2 is 1.92 bits per heavy atom. The maximum Gasteiger partial charge on any atom is 0.225 e. The molecule has 0 aliphatic carbocycles. The lowest BCUT2D eigenvalue weighted by molar-refractivity contribution is -0.116. The molecule has 5 nitrogen and oxygen atoms in total. The van der Waals surface area contributed by atoms with Crippen molar-refractivity contribution in [2.75, 3.05) is 11.9 Å². The van der Waals surface area contributed by atoms with Crippen molar-refractivity contribution in [3.05, 3.63) is 59.9 Å². The minimum Gasteiger partial charge on any atom is -0.387 e. The van der Waals surface area contributed by atoms with Crippen LogP contribution >= 0.6 is 0 Å². The van der Waals surface area contributed by atoms with Crippen LogP contribution in [0.5, 0.6) is 0 Å². The molecule has 1 aromatic heterocycles. The van der Waals surface area contributed by atoms with E-state index < -0.39 is 6.10 Å². The van der Waals surface area contributed by atoms with Crippen molar-refractivity contribution < 1.29 is 9.90 Å². The highest BCUT2D eigenvalue weighted by molar-refractivity contribution is 5.91. The number of nitrogens with zero attached hydrogens (tertiary/aromatic N) is 1. The van der Waals surface area contributed by atoms with E-state index in [2.05, 4.69) is 22.5 Å². The molecule has 0 radical (unpaired) electrons. The van der Waals surface area contributed by atoms with Gasteiger partial charge in [0.1, 0.15) is 0 Å². The van der Waals surface area contributed by atoms with Crippen LogP contribution in [0, 0.1) is 0 Å². The number of rotatable bonds is 8. The molecule has 0 bridgehead atoms. The molecule has 0 fully saturated rings. The number of carbonyl (C=O) groups is 1. The Balaban J connectivity index is 1.79. The fourth-order valence-electron chi connectivity index (χ4n) is 2.52. The van der Waals surface area contributed by atoms with Crippen LogP contribution in [0.15, 0.2) is 48.8 Å². The van der Waals surface area contributed by atoms with Crippen LogP contribution in [0.1, 0.15) is 37.5 Å². The minimum atomic E-state index is -0.612. The first kappa shape index (κ1) is 18.1. The van der Waals surface area contributed by atoms with Crippen LogP contribution < -0.4 is 10.6 Å².